The van der Waals surface area contributed by atoms with E-state index in [0.29, 0.717) is 16.0 Å². The lowest BCUT2D eigenvalue weighted by Gasteiger charge is -2.38. The number of hydrogen-bond donors (Lipinski definition) is 0. The molecule has 2 aliphatic rings. The average molecular weight is 526 g/mol. The Labute approximate surface area is 223 Å². The summed E-state index contributed by atoms with van der Waals surface area (Å²) in [5.41, 5.74) is 3.97. The van der Waals surface area contributed by atoms with Crippen molar-refractivity contribution in [1.29, 1.82) is 10.5 Å². The van der Waals surface area contributed by atoms with Crippen molar-refractivity contribution in [2.24, 2.45) is 0 Å². The number of carbonyl (C=O) groups excluding carboxylic acids is 1. The first-order chi connectivity index (χ1) is 18.4. The van der Waals surface area contributed by atoms with Gasteiger partial charge < -0.3 is 4.90 Å². The molecule has 4 aromatic rings. The van der Waals surface area contributed by atoms with Crippen molar-refractivity contribution in [3.8, 4) is 23.3 Å². The van der Waals surface area contributed by atoms with Crippen LogP contribution in [0.5, 0.6) is 0 Å². The van der Waals surface area contributed by atoms with Gasteiger partial charge in [-0.1, -0.05) is 11.8 Å². The van der Waals surface area contributed by atoms with Crippen LogP contribution in [0.25, 0.3) is 16.6 Å². The van der Waals surface area contributed by atoms with Crippen LogP contribution in [0, 0.1) is 35.4 Å². The zero-order valence-corrected chi connectivity index (χ0v) is 21.7. The molecule has 8 nitrogen and oxygen atoms in total. The average Bonchev–Trinajstić information content (AvgIpc) is 3.58. The van der Waals surface area contributed by atoms with Crippen molar-refractivity contribution in [3.63, 3.8) is 0 Å². The maximum Gasteiger partial charge on any atom is 0.219 e. The summed E-state index contributed by atoms with van der Waals surface area (Å²) in [7, 11) is 0. The number of benzene rings is 1. The molecule has 1 amide bonds. The van der Waals surface area contributed by atoms with Crippen LogP contribution >= 0.6 is 11.8 Å². The number of fused-ring (bicyclic) bond motifs is 3. The highest BCUT2D eigenvalue weighted by molar-refractivity contribution is 7.99. The number of aryl methyl sites for hydroxylation is 1. The van der Waals surface area contributed by atoms with Gasteiger partial charge in [-0.05, 0) is 56.9 Å². The summed E-state index contributed by atoms with van der Waals surface area (Å²) in [4.78, 5) is 15.5. The predicted octanol–water partition coefficient (Wildman–Crippen LogP) is 5.25. The topological polar surface area (TPSA) is 103 Å². The van der Waals surface area contributed by atoms with Crippen molar-refractivity contribution in [2.45, 2.75) is 67.4 Å². The molecule has 1 unspecified atom stereocenters. The maximum absolute atomic E-state index is 13.7. The molecule has 0 spiro atoms. The summed E-state index contributed by atoms with van der Waals surface area (Å²) in [5, 5.41) is 28.5. The highest BCUT2D eigenvalue weighted by Gasteiger charge is 2.42. The SMILES string of the molecule is CC(=O)N1[C@@H]2CC[C@H]1CC(n1cc(-c3cc(Sc4ccc(F)cc4C#N)c4c(C#N)cnn4c3)c(C)n1)C2. The highest BCUT2D eigenvalue weighted by Crippen LogP contribution is 2.42. The third-order valence-electron chi connectivity index (χ3n) is 7.65. The fourth-order valence-corrected chi connectivity index (χ4v) is 7.09. The summed E-state index contributed by atoms with van der Waals surface area (Å²) in [5.74, 6) is -0.319. The second kappa shape index (κ2) is 9.30. The summed E-state index contributed by atoms with van der Waals surface area (Å²) in [6.45, 7) is 3.63. The van der Waals surface area contributed by atoms with Crippen molar-refractivity contribution in [1.82, 2.24) is 24.3 Å². The van der Waals surface area contributed by atoms with E-state index in [1.165, 1.54) is 30.1 Å². The van der Waals surface area contributed by atoms with Crippen LogP contribution in [0.2, 0.25) is 0 Å². The fourth-order valence-electron chi connectivity index (χ4n) is 6.02. The summed E-state index contributed by atoms with van der Waals surface area (Å²) < 4.78 is 17.5. The van der Waals surface area contributed by atoms with Gasteiger partial charge >= 0.3 is 0 Å². The van der Waals surface area contributed by atoms with Gasteiger partial charge in [-0.25, -0.2) is 8.91 Å². The molecule has 3 aromatic heterocycles. The number of amides is 1. The van der Waals surface area contributed by atoms with Crippen molar-refractivity contribution in [2.75, 3.05) is 0 Å². The number of piperidine rings is 1. The Hall–Kier alpha value is -4.15. The third-order valence-corrected chi connectivity index (χ3v) is 8.76. The molecule has 10 heteroatoms. The van der Waals surface area contributed by atoms with Gasteiger partial charge in [0.05, 0.1) is 34.6 Å². The van der Waals surface area contributed by atoms with Crippen LogP contribution in [0.4, 0.5) is 4.39 Å². The standard InChI is InChI=1S/C28H24FN7OS/c1-16-25(15-34(33-16)24-9-22-4-5-23(10-24)36(22)17(2)37)19-8-27(28-20(12-31)13-32-35(28)14-19)38-26-6-3-21(29)7-18(26)11-30/h3,6-8,13-15,22-24H,4-5,9-10H2,1-2H3/t22-,23+,24?. The molecule has 190 valence electrons. The first-order valence-corrected chi connectivity index (χ1v) is 13.3. The molecule has 0 radical (unpaired) electrons. The Kier molecular flexibility index (Phi) is 5.93. The molecule has 0 saturated carbocycles. The summed E-state index contributed by atoms with van der Waals surface area (Å²) >= 11 is 1.31. The Balaban J connectivity index is 1.39. The largest absolute Gasteiger partial charge is 0.337 e. The molecule has 3 atom stereocenters. The van der Waals surface area contributed by atoms with Crippen molar-refractivity contribution < 1.29 is 9.18 Å². The van der Waals surface area contributed by atoms with E-state index in [1.54, 1.807) is 17.5 Å². The van der Waals surface area contributed by atoms with Gasteiger partial charge in [-0.2, -0.15) is 20.7 Å². The Morgan fingerprint density at radius 2 is 1.79 bits per heavy atom. The normalized spacial score (nSPS) is 20.4. The number of nitriles is 2. The number of carbonyl (C=O) groups is 1. The van der Waals surface area contributed by atoms with Gasteiger partial charge in [0.2, 0.25) is 5.91 Å². The van der Waals surface area contributed by atoms with Gasteiger partial charge in [0.25, 0.3) is 0 Å². The van der Waals surface area contributed by atoms with Gasteiger partial charge in [0.15, 0.2) is 0 Å². The Bertz CT molecular complexity index is 1660. The zero-order chi connectivity index (χ0) is 26.6. The third kappa shape index (κ3) is 4.02. The maximum atomic E-state index is 13.7. The van der Waals surface area contributed by atoms with Crippen molar-refractivity contribution in [3.05, 3.63) is 65.5 Å². The summed E-state index contributed by atoms with van der Waals surface area (Å²) in [6.07, 6.45) is 9.33. The van der Waals surface area contributed by atoms with E-state index in [4.69, 9.17) is 5.10 Å². The molecular formula is C28H24FN7OS. The lowest BCUT2D eigenvalue weighted by Crippen LogP contribution is -2.46. The number of aromatic nitrogens is 4. The smallest absolute Gasteiger partial charge is 0.219 e. The van der Waals surface area contributed by atoms with Crippen LogP contribution in [0.15, 0.2) is 52.6 Å². The van der Waals surface area contributed by atoms with Crippen LogP contribution in [0.1, 0.15) is 55.5 Å². The molecule has 38 heavy (non-hydrogen) atoms. The van der Waals surface area contributed by atoms with Crippen LogP contribution < -0.4 is 0 Å². The first kappa shape index (κ1) is 24.2. The minimum atomic E-state index is -0.475. The monoisotopic (exact) mass is 525 g/mol. The summed E-state index contributed by atoms with van der Waals surface area (Å²) in [6, 6.07) is 11.1. The number of halogens is 1. The molecule has 2 bridgehead atoms. The van der Waals surface area contributed by atoms with Crippen LogP contribution in [-0.2, 0) is 4.79 Å². The van der Waals surface area contributed by atoms with E-state index in [0.717, 1.165) is 47.4 Å². The molecular weight excluding hydrogens is 501 g/mol. The minimum Gasteiger partial charge on any atom is -0.337 e. The number of nitrogens with zero attached hydrogens (tertiary/aromatic N) is 7. The van der Waals surface area contributed by atoms with Crippen LogP contribution in [-0.4, -0.2) is 42.3 Å². The number of hydrogen-bond acceptors (Lipinski definition) is 6. The molecule has 1 aromatic carbocycles. The molecule has 2 aliphatic heterocycles. The molecule has 0 N–H and O–H groups in total. The van der Waals surface area contributed by atoms with E-state index in [-0.39, 0.29) is 29.6 Å². The second-order valence-corrected chi connectivity index (χ2v) is 11.0. The molecule has 2 saturated heterocycles. The first-order valence-electron chi connectivity index (χ1n) is 12.5. The lowest BCUT2D eigenvalue weighted by molar-refractivity contribution is -0.133. The quantitative estimate of drug-likeness (QED) is 0.360. The predicted molar refractivity (Wildman–Crippen MR) is 139 cm³/mol. The lowest BCUT2D eigenvalue weighted by atomic mass is 9.97. The minimum absolute atomic E-state index is 0.156. The highest BCUT2D eigenvalue weighted by atomic mass is 32.2. The van der Waals surface area contributed by atoms with E-state index >= 15 is 0 Å². The molecule has 0 aliphatic carbocycles. The van der Waals surface area contributed by atoms with Gasteiger partial charge in [-0.15, -0.1) is 0 Å². The molecule has 5 heterocycles. The Morgan fingerprint density at radius 3 is 2.47 bits per heavy atom. The van der Waals surface area contributed by atoms with Crippen molar-refractivity contribution >= 4 is 23.2 Å². The molecule has 6 rings (SSSR count). The van der Waals surface area contributed by atoms with Gasteiger partial charge in [0, 0.05) is 52.3 Å². The second-order valence-electron chi connectivity index (χ2n) is 9.96. The van der Waals surface area contributed by atoms with E-state index in [1.807, 2.05) is 23.9 Å². The van der Waals surface area contributed by atoms with E-state index in [2.05, 4.69) is 28.3 Å². The van der Waals surface area contributed by atoms with Gasteiger partial charge in [-0.3, -0.25) is 9.48 Å². The van der Waals surface area contributed by atoms with E-state index < -0.39 is 5.82 Å². The fraction of sp³-hybridized carbons (Fsp3) is 0.321. The Morgan fingerprint density at radius 1 is 1.05 bits per heavy atom. The number of rotatable bonds is 4. The van der Waals surface area contributed by atoms with E-state index in [9.17, 15) is 19.7 Å². The number of pyridine rings is 1. The van der Waals surface area contributed by atoms with Gasteiger partial charge in [0.1, 0.15) is 18.0 Å². The van der Waals surface area contributed by atoms with Crippen LogP contribution in [0.3, 0.4) is 0 Å². The molecule has 2 fully saturated rings. The zero-order valence-electron chi connectivity index (χ0n) is 20.9.